The Balaban J connectivity index is 0.00000400. The molecule has 1 aromatic heterocycles. The number of rotatable bonds is 5. The average molecular weight is 339 g/mol. The Labute approximate surface area is 133 Å². The van der Waals surface area contributed by atoms with Crippen LogP contribution in [0.25, 0.3) is 0 Å². The maximum atomic E-state index is 11.1. The van der Waals surface area contributed by atoms with Crippen LogP contribution in [0.1, 0.15) is 11.4 Å². The van der Waals surface area contributed by atoms with Crippen molar-refractivity contribution in [1.29, 1.82) is 0 Å². The SMILES string of the molecule is CNC(=O)OCc1nc(SC)n(C)c1COC(=O)NC.Cl. The molecule has 0 aromatic carbocycles. The highest BCUT2D eigenvalue weighted by Gasteiger charge is 2.17. The van der Waals surface area contributed by atoms with Crippen molar-refractivity contribution < 1.29 is 19.1 Å². The van der Waals surface area contributed by atoms with Gasteiger partial charge in [-0.25, -0.2) is 14.6 Å². The second-order valence-electron chi connectivity index (χ2n) is 3.70. The van der Waals surface area contributed by atoms with E-state index in [1.54, 1.807) is 4.57 Å². The predicted octanol–water partition coefficient (Wildman–Crippen LogP) is 1.28. The smallest absolute Gasteiger partial charge is 0.407 e. The molecular weight excluding hydrogens is 320 g/mol. The van der Waals surface area contributed by atoms with Crippen molar-refractivity contribution in [3.8, 4) is 0 Å². The van der Waals surface area contributed by atoms with Gasteiger partial charge < -0.3 is 24.7 Å². The Bertz CT molecular complexity index is 495. The maximum Gasteiger partial charge on any atom is 0.407 e. The molecule has 10 heteroatoms. The van der Waals surface area contributed by atoms with Crippen molar-refractivity contribution in [2.24, 2.45) is 7.05 Å². The lowest BCUT2D eigenvalue weighted by molar-refractivity contribution is 0.131. The van der Waals surface area contributed by atoms with Gasteiger partial charge in [0.15, 0.2) is 5.16 Å². The number of imidazole rings is 1. The molecule has 0 aliphatic heterocycles. The summed E-state index contributed by atoms with van der Waals surface area (Å²) >= 11 is 1.45. The molecule has 0 aliphatic rings. The number of carbonyl (C=O) groups is 2. The number of thioether (sulfide) groups is 1. The fourth-order valence-corrected chi connectivity index (χ4v) is 2.04. The average Bonchev–Trinajstić information content (AvgIpc) is 2.77. The Morgan fingerprint density at radius 3 is 2.19 bits per heavy atom. The first-order chi connectivity index (χ1) is 9.53. The lowest BCUT2D eigenvalue weighted by atomic mass is 10.3. The number of nitrogens with zero attached hydrogens (tertiary/aromatic N) is 2. The Hall–Kier alpha value is -1.61. The van der Waals surface area contributed by atoms with Crippen LogP contribution < -0.4 is 10.6 Å². The number of hydrogen-bond acceptors (Lipinski definition) is 6. The molecule has 0 unspecified atom stereocenters. The zero-order chi connectivity index (χ0) is 15.1. The highest BCUT2D eigenvalue weighted by atomic mass is 35.5. The van der Waals surface area contributed by atoms with E-state index in [1.165, 1.54) is 25.9 Å². The van der Waals surface area contributed by atoms with Crippen LogP contribution in [0, 0.1) is 0 Å². The first-order valence-corrected chi connectivity index (χ1v) is 7.03. The lowest BCUT2D eigenvalue weighted by Gasteiger charge is -2.08. The third-order valence-electron chi connectivity index (χ3n) is 2.53. The quantitative estimate of drug-likeness (QED) is 0.785. The topological polar surface area (TPSA) is 94.5 Å². The molecule has 0 saturated carbocycles. The van der Waals surface area contributed by atoms with Crippen LogP contribution in [-0.4, -0.2) is 42.1 Å². The number of halogens is 1. The molecule has 0 bridgehead atoms. The van der Waals surface area contributed by atoms with Crippen molar-refractivity contribution in [3.05, 3.63) is 11.4 Å². The summed E-state index contributed by atoms with van der Waals surface area (Å²) < 4.78 is 11.8. The van der Waals surface area contributed by atoms with Gasteiger partial charge in [-0.1, -0.05) is 11.8 Å². The summed E-state index contributed by atoms with van der Waals surface area (Å²) in [6.07, 6.45) is 0.810. The zero-order valence-corrected chi connectivity index (χ0v) is 13.9. The second-order valence-corrected chi connectivity index (χ2v) is 4.48. The maximum absolute atomic E-state index is 11.1. The van der Waals surface area contributed by atoms with Gasteiger partial charge in [-0.3, -0.25) is 0 Å². The van der Waals surface area contributed by atoms with Gasteiger partial charge in [0, 0.05) is 21.1 Å². The van der Waals surface area contributed by atoms with Gasteiger partial charge in [-0.2, -0.15) is 0 Å². The van der Waals surface area contributed by atoms with Gasteiger partial charge >= 0.3 is 12.2 Å². The number of alkyl carbamates (subject to hydrolysis) is 2. The van der Waals surface area contributed by atoms with Gasteiger partial charge in [-0.15, -0.1) is 12.4 Å². The summed E-state index contributed by atoms with van der Waals surface area (Å²) in [6.45, 7) is 0.0662. The van der Waals surface area contributed by atoms with Crippen LogP contribution in [0.2, 0.25) is 0 Å². The molecular formula is C11H19ClN4O4S. The Kier molecular flexibility index (Phi) is 8.63. The summed E-state index contributed by atoms with van der Waals surface area (Å²) in [4.78, 5) is 26.6. The first-order valence-electron chi connectivity index (χ1n) is 5.80. The number of nitrogens with one attached hydrogen (secondary N) is 2. The molecule has 0 fully saturated rings. The molecule has 0 radical (unpaired) electrons. The molecule has 0 spiro atoms. The number of hydrogen-bond donors (Lipinski definition) is 2. The van der Waals surface area contributed by atoms with E-state index in [-0.39, 0.29) is 25.6 Å². The largest absolute Gasteiger partial charge is 0.443 e. The molecule has 0 saturated heterocycles. The van der Waals surface area contributed by atoms with Gasteiger partial charge in [-0.05, 0) is 6.26 Å². The van der Waals surface area contributed by atoms with E-state index in [0.717, 1.165) is 5.16 Å². The fourth-order valence-electron chi connectivity index (χ4n) is 1.45. The number of carbonyl (C=O) groups excluding carboxylic acids is 2. The Morgan fingerprint density at radius 1 is 1.19 bits per heavy atom. The van der Waals surface area contributed by atoms with E-state index in [9.17, 15) is 9.59 Å². The van der Waals surface area contributed by atoms with Crippen LogP contribution in [0.4, 0.5) is 9.59 Å². The summed E-state index contributed by atoms with van der Waals surface area (Å²) in [6, 6.07) is 0. The van der Waals surface area contributed by atoms with Crippen molar-refractivity contribution in [1.82, 2.24) is 20.2 Å². The molecule has 2 N–H and O–H groups in total. The van der Waals surface area contributed by atoms with E-state index >= 15 is 0 Å². The summed E-state index contributed by atoms with van der Waals surface area (Å²) in [5.74, 6) is 0. The minimum Gasteiger partial charge on any atom is -0.443 e. The molecule has 8 nitrogen and oxygen atoms in total. The van der Waals surface area contributed by atoms with Gasteiger partial charge in [0.1, 0.15) is 18.9 Å². The van der Waals surface area contributed by atoms with Crippen molar-refractivity contribution in [3.63, 3.8) is 0 Å². The zero-order valence-electron chi connectivity index (χ0n) is 12.3. The van der Waals surface area contributed by atoms with Gasteiger partial charge in [0.25, 0.3) is 0 Å². The summed E-state index contributed by atoms with van der Waals surface area (Å²) in [5, 5.41) is 5.46. The van der Waals surface area contributed by atoms with E-state index in [1.807, 2.05) is 13.3 Å². The van der Waals surface area contributed by atoms with Gasteiger partial charge in [0.05, 0.1) is 5.69 Å². The summed E-state index contributed by atoms with van der Waals surface area (Å²) in [7, 11) is 4.77. The third-order valence-corrected chi connectivity index (χ3v) is 3.26. The lowest BCUT2D eigenvalue weighted by Crippen LogP contribution is -2.21. The van der Waals surface area contributed by atoms with Crippen LogP contribution in [0.5, 0.6) is 0 Å². The van der Waals surface area contributed by atoms with Crippen molar-refractivity contribution in [2.45, 2.75) is 18.4 Å². The molecule has 120 valence electrons. The second kappa shape index (κ2) is 9.35. The summed E-state index contributed by atoms with van der Waals surface area (Å²) in [5.41, 5.74) is 1.24. The van der Waals surface area contributed by atoms with Gasteiger partial charge in [0.2, 0.25) is 0 Å². The normalized spacial score (nSPS) is 9.52. The van der Waals surface area contributed by atoms with E-state index in [0.29, 0.717) is 11.4 Å². The van der Waals surface area contributed by atoms with E-state index in [2.05, 4.69) is 15.6 Å². The molecule has 1 heterocycles. The monoisotopic (exact) mass is 338 g/mol. The van der Waals surface area contributed by atoms with Crippen LogP contribution in [0.3, 0.4) is 0 Å². The minimum atomic E-state index is -0.542. The minimum absolute atomic E-state index is 0. The number of aromatic nitrogens is 2. The standard InChI is InChI=1S/C11H18N4O4S.ClH/c1-12-10(16)18-5-7-8(6-19-11(17)13-2)15(3)9(14-7)20-4;/h5-6H2,1-4H3,(H,12,16)(H,13,17);1H. The highest BCUT2D eigenvalue weighted by molar-refractivity contribution is 7.98. The van der Waals surface area contributed by atoms with E-state index < -0.39 is 12.2 Å². The Morgan fingerprint density at radius 2 is 1.71 bits per heavy atom. The number of ether oxygens (including phenoxy) is 2. The predicted molar refractivity (Wildman–Crippen MR) is 80.7 cm³/mol. The molecule has 0 aliphatic carbocycles. The molecule has 21 heavy (non-hydrogen) atoms. The first kappa shape index (κ1) is 19.4. The van der Waals surface area contributed by atoms with Crippen molar-refractivity contribution >= 4 is 36.4 Å². The molecule has 1 rings (SSSR count). The molecule has 2 amide bonds. The van der Waals surface area contributed by atoms with Crippen LogP contribution >= 0.6 is 24.2 Å². The van der Waals surface area contributed by atoms with E-state index in [4.69, 9.17) is 9.47 Å². The van der Waals surface area contributed by atoms with Crippen molar-refractivity contribution in [2.75, 3.05) is 20.4 Å². The van der Waals surface area contributed by atoms with Crippen LogP contribution in [0.15, 0.2) is 5.16 Å². The fraction of sp³-hybridized carbons (Fsp3) is 0.545. The third kappa shape index (κ3) is 5.35. The molecule has 0 atom stereocenters. The van der Waals surface area contributed by atoms with Crippen LogP contribution in [-0.2, 0) is 29.7 Å². The molecule has 1 aromatic rings. The number of amides is 2. The highest BCUT2D eigenvalue weighted by Crippen LogP contribution is 2.20.